The van der Waals surface area contributed by atoms with Crippen molar-refractivity contribution < 1.29 is 4.39 Å². The molecular weight excluding hydrogens is 283 g/mol. The van der Waals surface area contributed by atoms with Crippen LogP contribution in [0.2, 0.25) is 0 Å². The van der Waals surface area contributed by atoms with Crippen molar-refractivity contribution in [1.29, 1.82) is 0 Å². The van der Waals surface area contributed by atoms with E-state index in [4.69, 9.17) is 0 Å². The van der Waals surface area contributed by atoms with Crippen molar-refractivity contribution in [3.8, 4) is 0 Å². The predicted molar refractivity (Wildman–Crippen MR) is 73.1 cm³/mol. The first-order chi connectivity index (χ1) is 8.08. The summed E-state index contributed by atoms with van der Waals surface area (Å²) in [5.74, 6) is -0.282. The van der Waals surface area contributed by atoms with Crippen molar-refractivity contribution >= 4 is 32.5 Å². The Labute approximate surface area is 108 Å². The molecule has 1 N–H and O–H groups in total. The molecule has 0 spiro atoms. The van der Waals surface area contributed by atoms with Gasteiger partial charge in [-0.1, -0.05) is 6.92 Å². The third-order valence-electron chi connectivity index (χ3n) is 2.94. The van der Waals surface area contributed by atoms with Crippen molar-refractivity contribution in [3.05, 3.63) is 33.7 Å². The Balaban J connectivity index is 2.89. The molecule has 1 heterocycles. The second-order valence-electron chi connectivity index (χ2n) is 3.94. The molecule has 0 fully saturated rings. The molecule has 0 aliphatic carbocycles. The van der Waals surface area contributed by atoms with Crippen LogP contribution in [0.15, 0.2) is 16.6 Å². The maximum Gasteiger partial charge on any atom is 0.139 e. The van der Waals surface area contributed by atoms with E-state index < -0.39 is 0 Å². The molecule has 0 aliphatic rings. The number of fused-ring (bicyclic) bond motifs is 1. The largest absolute Gasteiger partial charge is 0.387 e. The molecule has 2 aromatic rings. The molecule has 0 saturated heterocycles. The molecule has 17 heavy (non-hydrogen) atoms. The summed E-state index contributed by atoms with van der Waals surface area (Å²) in [7, 11) is 1.88. The lowest BCUT2D eigenvalue weighted by atomic mass is 10.0. The van der Waals surface area contributed by atoms with Crippen LogP contribution < -0.4 is 5.32 Å². The van der Waals surface area contributed by atoms with Crippen molar-refractivity contribution in [3.63, 3.8) is 0 Å². The van der Waals surface area contributed by atoms with Gasteiger partial charge in [0.25, 0.3) is 0 Å². The van der Waals surface area contributed by atoms with E-state index in [0.29, 0.717) is 9.99 Å². The zero-order valence-corrected chi connectivity index (χ0v) is 11.7. The maximum atomic E-state index is 13.5. The Bertz CT molecular complexity index is 581. The highest BCUT2D eigenvalue weighted by atomic mass is 79.9. The van der Waals surface area contributed by atoms with Crippen LogP contribution in [0.5, 0.6) is 0 Å². The third-order valence-corrected chi connectivity index (χ3v) is 3.55. The van der Waals surface area contributed by atoms with E-state index in [0.717, 1.165) is 23.2 Å². The van der Waals surface area contributed by atoms with E-state index in [2.05, 4.69) is 33.2 Å². The third kappa shape index (κ3) is 2.02. The second kappa shape index (κ2) is 4.61. The van der Waals surface area contributed by atoms with E-state index >= 15 is 0 Å². The zero-order valence-electron chi connectivity index (χ0n) is 10.1. The van der Waals surface area contributed by atoms with E-state index in [1.807, 2.05) is 14.0 Å². The number of aryl methyl sites for hydroxylation is 1. The number of anilines is 1. The van der Waals surface area contributed by atoms with Gasteiger partial charge in [0.15, 0.2) is 0 Å². The van der Waals surface area contributed by atoms with E-state index in [1.165, 1.54) is 11.6 Å². The first-order valence-electron chi connectivity index (χ1n) is 5.54. The quantitative estimate of drug-likeness (QED) is 0.904. The number of hydrogen-bond donors (Lipinski definition) is 1. The predicted octanol–water partition coefficient (Wildman–Crippen LogP) is 4.05. The Morgan fingerprint density at radius 3 is 2.71 bits per heavy atom. The molecule has 0 saturated carbocycles. The molecular formula is C13H14BrFN2. The zero-order chi connectivity index (χ0) is 12.6. The fraction of sp³-hybridized carbons (Fsp3) is 0.308. The van der Waals surface area contributed by atoms with Crippen molar-refractivity contribution in [2.24, 2.45) is 0 Å². The number of benzene rings is 1. The molecule has 0 aliphatic heterocycles. The molecule has 0 atom stereocenters. The van der Waals surface area contributed by atoms with Gasteiger partial charge >= 0.3 is 0 Å². The number of rotatable bonds is 2. The van der Waals surface area contributed by atoms with Crippen LogP contribution in [0.3, 0.4) is 0 Å². The summed E-state index contributed by atoms with van der Waals surface area (Å²) < 4.78 is 14.0. The van der Waals surface area contributed by atoms with Gasteiger partial charge in [0.05, 0.1) is 9.99 Å². The fourth-order valence-corrected chi connectivity index (χ4v) is 2.48. The van der Waals surface area contributed by atoms with Gasteiger partial charge in [-0.05, 0) is 40.9 Å². The van der Waals surface area contributed by atoms with Gasteiger partial charge in [-0.25, -0.2) is 4.39 Å². The summed E-state index contributed by atoms with van der Waals surface area (Å²) >= 11 is 3.21. The number of nitrogens with zero attached hydrogens (tertiary/aromatic N) is 1. The van der Waals surface area contributed by atoms with Crippen molar-refractivity contribution in [1.82, 2.24) is 4.98 Å². The first-order valence-corrected chi connectivity index (χ1v) is 6.33. The van der Waals surface area contributed by atoms with Crippen molar-refractivity contribution in [2.45, 2.75) is 20.3 Å². The standard InChI is InChI=1S/C13H14BrFN2/c1-4-8-7(2)17-12-6-11(15)10(14)5-9(12)13(8)16-3/h5-6H,4H2,1-3H3,(H,16,17). The number of pyridine rings is 1. The SMILES string of the molecule is CCc1c(C)nc2cc(F)c(Br)cc2c1NC. The number of halogens is 2. The number of aromatic nitrogens is 1. The summed E-state index contributed by atoms with van der Waals surface area (Å²) in [6.07, 6.45) is 0.903. The smallest absolute Gasteiger partial charge is 0.139 e. The molecule has 0 unspecified atom stereocenters. The molecule has 0 amide bonds. The van der Waals surface area contributed by atoms with Gasteiger partial charge in [0, 0.05) is 29.9 Å². The minimum atomic E-state index is -0.282. The Kier molecular flexibility index (Phi) is 3.33. The number of nitrogens with one attached hydrogen (secondary N) is 1. The minimum absolute atomic E-state index is 0.282. The molecule has 0 bridgehead atoms. The summed E-state index contributed by atoms with van der Waals surface area (Å²) in [6.45, 7) is 4.05. The molecule has 0 radical (unpaired) electrons. The van der Waals surface area contributed by atoms with Crippen LogP contribution in [0.1, 0.15) is 18.2 Å². The lowest BCUT2D eigenvalue weighted by Crippen LogP contribution is -2.01. The van der Waals surface area contributed by atoms with E-state index in [1.54, 1.807) is 6.07 Å². The molecule has 90 valence electrons. The second-order valence-corrected chi connectivity index (χ2v) is 4.79. The van der Waals surface area contributed by atoms with Crippen LogP contribution in [0.4, 0.5) is 10.1 Å². The topological polar surface area (TPSA) is 24.9 Å². The van der Waals surface area contributed by atoms with E-state index in [-0.39, 0.29) is 5.82 Å². The van der Waals surface area contributed by atoms with Crippen LogP contribution in [-0.4, -0.2) is 12.0 Å². The van der Waals surface area contributed by atoms with Gasteiger partial charge in [-0.2, -0.15) is 0 Å². The van der Waals surface area contributed by atoms with E-state index in [9.17, 15) is 4.39 Å². The monoisotopic (exact) mass is 296 g/mol. The van der Waals surface area contributed by atoms with Gasteiger partial charge in [-0.3, -0.25) is 4.98 Å². The fourth-order valence-electron chi connectivity index (χ4n) is 2.14. The molecule has 2 nitrogen and oxygen atoms in total. The van der Waals surface area contributed by atoms with Gasteiger partial charge in [-0.15, -0.1) is 0 Å². The summed E-state index contributed by atoms with van der Waals surface area (Å²) in [6, 6.07) is 3.24. The van der Waals surface area contributed by atoms with Gasteiger partial charge < -0.3 is 5.32 Å². The Morgan fingerprint density at radius 2 is 2.12 bits per heavy atom. The van der Waals surface area contributed by atoms with Crippen LogP contribution in [0.25, 0.3) is 10.9 Å². The van der Waals surface area contributed by atoms with Crippen LogP contribution >= 0.6 is 15.9 Å². The molecule has 2 rings (SSSR count). The highest BCUT2D eigenvalue weighted by Crippen LogP contribution is 2.31. The van der Waals surface area contributed by atoms with Gasteiger partial charge in [0.2, 0.25) is 0 Å². The summed E-state index contributed by atoms with van der Waals surface area (Å²) in [4.78, 5) is 4.46. The Morgan fingerprint density at radius 1 is 1.41 bits per heavy atom. The molecule has 4 heteroatoms. The van der Waals surface area contributed by atoms with Crippen molar-refractivity contribution in [2.75, 3.05) is 12.4 Å². The highest BCUT2D eigenvalue weighted by Gasteiger charge is 2.12. The first kappa shape index (κ1) is 12.3. The lowest BCUT2D eigenvalue weighted by molar-refractivity contribution is 0.623. The summed E-state index contributed by atoms with van der Waals surface area (Å²) in [5, 5.41) is 4.14. The van der Waals surface area contributed by atoms with Crippen LogP contribution in [0, 0.1) is 12.7 Å². The lowest BCUT2D eigenvalue weighted by Gasteiger charge is -2.14. The number of hydrogen-bond acceptors (Lipinski definition) is 2. The minimum Gasteiger partial charge on any atom is -0.387 e. The average Bonchev–Trinajstić information content (AvgIpc) is 2.30. The van der Waals surface area contributed by atoms with Crippen LogP contribution in [-0.2, 0) is 6.42 Å². The normalized spacial score (nSPS) is 10.9. The highest BCUT2D eigenvalue weighted by molar-refractivity contribution is 9.10. The Hall–Kier alpha value is -1.16. The average molecular weight is 297 g/mol. The molecule has 1 aromatic carbocycles. The molecule has 1 aromatic heterocycles. The van der Waals surface area contributed by atoms with Gasteiger partial charge in [0.1, 0.15) is 5.82 Å². The summed E-state index contributed by atoms with van der Waals surface area (Å²) in [5.41, 5.74) is 3.85. The maximum absolute atomic E-state index is 13.5.